The number of hydrogen-bond acceptors (Lipinski definition) is 5. The molecule has 2 amide bonds. The number of ether oxygens (including phenoxy) is 1. The Kier molecular flexibility index (Phi) is 7.02. The van der Waals surface area contributed by atoms with Gasteiger partial charge in [-0.1, -0.05) is 26.0 Å². The fraction of sp³-hybridized carbons (Fsp3) is 0.360. The van der Waals surface area contributed by atoms with E-state index < -0.39 is 6.04 Å². The lowest BCUT2D eigenvalue weighted by molar-refractivity contribution is 0.0772. The Hall–Kier alpha value is -3.59. The zero-order chi connectivity index (χ0) is 24.2. The van der Waals surface area contributed by atoms with Crippen molar-refractivity contribution in [1.82, 2.24) is 25.2 Å². The molecule has 0 aliphatic carbocycles. The van der Waals surface area contributed by atoms with E-state index in [4.69, 9.17) is 4.74 Å². The first kappa shape index (κ1) is 23.6. The van der Waals surface area contributed by atoms with Gasteiger partial charge in [0.1, 0.15) is 17.3 Å². The minimum Gasteiger partial charge on any atom is -0.373 e. The maximum Gasteiger partial charge on any atom is 0.268 e. The molecular formula is C25H28FN5O3. The summed E-state index contributed by atoms with van der Waals surface area (Å²) in [4.78, 5) is 34.8. The molecule has 0 saturated heterocycles. The van der Waals surface area contributed by atoms with E-state index in [1.165, 1.54) is 12.1 Å². The third-order valence-electron chi connectivity index (χ3n) is 5.89. The molecule has 1 aromatic carbocycles. The van der Waals surface area contributed by atoms with Crippen LogP contribution in [0.3, 0.4) is 0 Å². The molecule has 1 aliphatic rings. The van der Waals surface area contributed by atoms with Crippen LogP contribution in [-0.2, 0) is 17.9 Å². The first-order chi connectivity index (χ1) is 16.3. The Labute approximate surface area is 197 Å². The number of carbonyl (C=O) groups is 2. The van der Waals surface area contributed by atoms with E-state index in [-0.39, 0.29) is 36.2 Å². The number of amides is 2. The summed E-state index contributed by atoms with van der Waals surface area (Å²) in [5.74, 6) is -0.390. The van der Waals surface area contributed by atoms with Crippen LogP contribution in [-0.4, -0.2) is 33.0 Å². The lowest BCUT2D eigenvalue weighted by Crippen LogP contribution is -2.33. The Morgan fingerprint density at radius 1 is 1.06 bits per heavy atom. The van der Waals surface area contributed by atoms with Crippen LogP contribution in [0.25, 0.3) is 0 Å². The number of halogens is 1. The second-order valence-electron chi connectivity index (χ2n) is 8.64. The summed E-state index contributed by atoms with van der Waals surface area (Å²) in [6.07, 6.45) is 3.24. The molecule has 0 fully saturated rings. The lowest BCUT2D eigenvalue weighted by atomic mass is 9.95. The normalized spacial score (nSPS) is 14.9. The van der Waals surface area contributed by atoms with Crippen molar-refractivity contribution < 1.29 is 18.7 Å². The van der Waals surface area contributed by atoms with Gasteiger partial charge in [0.05, 0.1) is 36.6 Å². The summed E-state index contributed by atoms with van der Waals surface area (Å²) >= 11 is 0. The van der Waals surface area contributed by atoms with Crippen molar-refractivity contribution in [1.29, 1.82) is 0 Å². The molecule has 34 heavy (non-hydrogen) atoms. The van der Waals surface area contributed by atoms with Gasteiger partial charge in [-0.05, 0) is 42.7 Å². The molecule has 1 unspecified atom stereocenters. The highest BCUT2D eigenvalue weighted by Gasteiger charge is 2.28. The molecule has 2 N–H and O–H groups in total. The number of fused-ring (bicyclic) bond motifs is 1. The summed E-state index contributed by atoms with van der Waals surface area (Å²) < 4.78 is 20.8. The van der Waals surface area contributed by atoms with Gasteiger partial charge in [-0.15, -0.1) is 0 Å². The molecule has 3 aromatic rings. The predicted molar refractivity (Wildman–Crippen MR) is 123 cm³/mol. The van der Waals surface area contributed by atoms with Crippen LogP contribution in [0.15, 0.2) is 48.8 Å². The average molecular weight is 466 g/mol. The van der Waals surface area contributed by atoms with E-state index in [0.717, 1.165) is 5.56 Å². The summed E-state index contributed by atoms with van der Waals surface area (Å²) in [6, 6.07) is 8.70. The van der Waals surface area contributed by atoms with Crippen molar-refractivity contribution in [3.05, 3.63) is 82.9 Å². The molecule has 0 spiro atoms. The van der Waals surface area contributed by atoms with Crippen LogP contribution in [0.5, 0.6) is 0 Å². The number of nitrogens with zero attached hydrogens (tertiary/aromatic N) is 3. The number of rotatable bonds is 7. The quantitative estimate of drug-likeness (QED) is 0.556. The smallest absolute Gasteiger partial charge is 0.268 e. The van der Waals surface area contributed by atoms with Crippen LogP contribution in [0, 0.1) is 11.7 Å². The Balaban J connectivity index is 1.59. The van der Waals surface area contributed by atoms with Gasteiger partial charge >= 0.3 is 0 Å². The van der Waals surface area contributed by atoms with Crippen LogP contribution >= 0.6 is 0 Å². The second kappa shape index (κ2) is 10.1. The van der Waals surface area contributed by atoms with Gasteiger partial charge in [-0.25, -0.2) is 14.4 Å². The molecule has 4 rings (SSSR count). The van der Waals surface area contributed by atoms with Gasteiger partial charge in [0.2, 0.25) is 0 Å². The molecule has 3 heterocycles. The third-order valence-corrected chi connectivity index (χ3v) is 5.89. The van der Waals surface area contributed by atoms with Gasteiger partial charge in [-0.2, -0.15) is 0 Å². The topological polar surface area (TPSA) is 98.1 Å². The molecular weight excluding hydrogens is 437 g/mol. The maximum absolute atomic E-state index is 13.4. The summed E-state index contributed by atoms with van der Waals surface area (Å²) in [5, 5.41) is 5.97. The van der Waals surface area contributed by atoms with Crippen molar-refractivity contribution >= 4 is 11.8 Å². The SMILES string of the molecule is CC(NC(=O)c1cc(C(=O)N[C@@H](c2ccc(F)cc2)C(C)C)c2n1CCOC2)c1ncccn1. The molecule has 2 atom stereocenters. The zero-order valence-electron chi connectivity index (χ0n) is 19.4. The number of hydrogen-bond donors (Lipinski definition) is 2. The monoisotopic (exact) mass is 465 g/mol. The maximum atomic E-state index is 13.4. The van der Waals surface area contributed by atoms with E-state index in [9.17, 15) is 14.0 Å². The standard InChI is InChI=1S/C25H28FN5O3/c1-15(2)22(17-5-7-18(26)8-6-17)30-24(32)19-13-20(31-11-12-34-14-21(19)31)25(33)29-16(3)23-27-9-4-10-28-23/h4-10,13,15-16,22H,11-12,14H2,1-3H3,(H,29,33)(H,30,32)/t16?,22-/m1/s1. The van der Waals surface area contributed by atoms with Gasteiger partial charge in [-0.3, -0.25) is 9.59 Å². The minimum atomic E-state index is -0.402. The van der Waals surface area contributed by atoms with Gasteiger partial charge in [0.15, 0.2) is 0 Å². The van der Waals surface area contributed by atoms with Crippen LogP contribution in [0.2, 0.25) is 0 Å². The number of benzene rings is 1. The fourth-order valence-electron chi connectivity index (χ4n) is 4.10. The first-order valence-corrected chi connectivity index (χ1v) is 11.3. The Bertz CT molecular complexity index is 1160. The largest absolute Gasteiger partial charge is 0.373 e. The summed E-state index contributed by atoms with van der Waals surface area (Å²) in [5.41, 5.74) is 2.23. The highest BCUT2D eigenvalue weighted by Crippen LogP contribution is 2.26. The van der Waals surface area contributed by atoms with Crippen LogP contribution in [0.4, 0.5) is 4.39 Å². The van der Waals surface area contributed by atoms with Gasteiger partial charge in [0, 0.05) is 18.9 Å². The third kappa shape index (κ3) is 4.99. The highest BCUT2D eigenvalue weighted by atomic mass is 19.1. The molecule has 0 bridgehead atoms. The van der Waals surface area contributed by atoms with Crippen molar-refractivity contribution in [3.63, 3.8) is 0 Å². The van der Waals surface area contributed by atoms with E-state index >= 15 is 0 Å². The van der Waals surface area contributed by atoms with Crippen molar-refractivity contribution in [2.24, 2.45) is 5.92 Å². The van der Waals surface area contributed by atoms with Crippen molar-refractivity contribution in [2.75, 3.05) is 6.61 Å². The lowest BCUT2D eigenvalue weighted by Gasteiger charge is -2.24. The van der Waals surface area contributed by atoms with E-state index in [2.05, 4.69) is 20.6 Å². The minimum absolute atomic E-state index is 0.0681. The predicted octanol–water partition coefficient (Wildman–Crippen LogP) is 3.57. The Morgan fingerprint density at radius 3 is 2.44 bits per heavy atom. The van der Waals surface area contributed by atoms with Crippen LogP contribution in [0.1, 0.15) is 70.8 Å². The number of aromatic nitrogens is 3. The van der Waals surface area contributed by atoms with E-state index in [1.807, 2.05) is 18.4 Å². The summed E-state index contributed by atoms with van der Waals surface area (Å²) in [6.45, 7) is 6.92. The van der Waals surface area contributed by atoms with Crippen LogP contribution < -0.4 is 10.6 Å². The summed E-state index contributed by atoms with van der Waals surface area (Å²) in [7, 11) is 0. The van der Waals surface area contributed by atoms with Crippen molar-refractivity contribution in [3.8, 4) is 0 Å². The average Bonchev–Trinajstić information content (AvgIpc) is 3.23. The van der Waals surface area contributed by atoms with Gasteiger partial charge in [0.25, 0.3) is 11.8 Å². The number of nitrogens with one attached hydrogen (secondary N) is 2. The van der Waals surface area contributed by atoms with E-state index in [0.29, 0.717) is 35.9 Å². The van der Waals surface area contributed by atoms with Crippen molar-refractivity contribution in [2.45, 2.75) is 46.0 Å². The molecule has 178 valence electrons. The molecule has 0 saturated carbocycles. The highest BCUT2D eigenvalue weighted by molar-refractivity contribution is 6.01. The molecule has 1 aliphatic heterocycles. The first-order valence-electron chi connectivity index (χ1n) is 11.3. The zero-order valence-corrected chi connectivity index (χ0v) is 19.4. The van der Waals surface area contributed by atoms with E-state index in [1.54, 1.807) is 43.6 Å². The molecule has 0 radical (unpaired) electrons. The van der Waals surface area contributed by atoms with Gasteiger partial charge < -0.3 is 19.9 Å². The second-order valence-corrected chi connectivity index (χ2v) is 8.64. The fourth-order valence-corrected chi connectivity index (χ4v) is 4.10. The molecule has 2 aromatic heterocycles. The number of carbonyl (C=O) groups excluding carboxylic acids is 2. The Morgan fingerprint density at radius 2 is 1.76 bits per heavy atom. The molecule has 9 heteroatoms. The molecule has 8 nitrogen and oxygen atoms in total.